The van der Waals surface area contributed by atoms with Gasteiger partial charge in [0.15, 0.2) is 0 Å². The average molecular weight is 388 g/mol. The number of hydrogen-bond donors (Lipinski definition) is 1. The summed E-state index contributed by atoms with van der Waals surface area (Å²) in [6.07, 6.45) is 0. The van der Waals surface area contributed by atoms with Gasteiger partial charge in [-0.2, -0.15) is 0 Å². The minimum absolute atomic E-state index is 0.0818. The molecule has 0 fully saturated rings. The second-order valence-corrected chi connectivity index (χ2v) is 8.04. The molecule has 0 saturated carbocycles. The van der Waals surface area contributed by atoms with Crippen LogP contribution in [0.2, 0.25) is 5.02 Å². The number of nitrogens with one attached hydrogen (secondary N) is 1. The molecule has 1 amide bonds. The fourth-order valence-electron chi connectivity index (χ4n) is 2.50. The quantitative estimate of drug-likeness (QED) is 0.511. The monoisotopic (exact) mass is 387 g/mol. The topological polar surface area (TPSA) is 29.1 Å². The van der Waals surface area contributed by atoms with E-state index < -0.39 is 0 Å². The molecule has 1 aromatic heterocycles. The second-order valence-electron chi connectivity index (χ2n) is 5.58. The molecule has 2 aromatic carbocycles. The van der Waals surface area contributed by atoms with Crippen LogP contribution in [0.1, 0.15) is 33.8 Å². The molecule has 2 nitrogen and oxygen atoms in total. The molecule has 25 heavy (non-hydrogen) atoms. The van der Waals surface area contributed by atoms with Crippen molar-refractivity contribution >= 4 is 40.6 Å². The van der Waals surface area contributed by atoms with Crippen LogP contribution >= 0.6 is 34.7 Å². The lowest BCUT2D eigenvalue weighted by Gasteiger charge is -2.17. The van der Waals surface area contributed by atoms with Crippen molar-refractivity contribution in [3.63, 3.8) is 0 Å². The number of carbonyl (C=O) groups excluding carboxylic acids is 1. The zero-order valence-corrected chi connectivity index (χ0v) is 16.1. The fourth-order valence-corrected chi connectivity index (χ4v) is 4.62. The fraction of sp³-hybridized carbons (Fsp3) is 0.150. The van der Waals surface area contributed by atoms with E-state index in [2.05, 4.69) is 16.8 Å². The van der Waals surface area contributed by atoms with E-state index in [1.165, 1.54) is 4.88 Å². The Labute approximate surface area is 161 Å². The van der Waals surface area contributed by atoms with Crippen LogP contribution in [0.3, 0.4) is 0 Å². The first-order valence-electron chi connectivity index (χ1n) is 7.94. The van der Waals surface area contributed by atoms with Crippen molar-refractivity contribution in [1.82, 2.24) is 5.32 Å². The normalized spacial score (nSPS) is 11.9. The molecule has 0 bridgehead atoms. The van der Waals surface area contributed by atoms with E-state index in [9.17, 15) is 4.79 Å². The first kappa shape index (κ1) is 18.1. The first-order chi connectivity index (χ1) is 12.1. The van der Waals surface area contributed by atoms with Crippen LogP contribution < -0.4 is 5.32 Å². The Balaban J connectivity index is 1.72. The third-order valence-electron chi connectivity index (χ3n) is 3.80. The summed E-state index contributed by atoms with van der Waals surface area (Å²) in [5.74, 6) is 0.781. The van der Waals surface area contributed by atoms with Gasteiger partial charge in [-0.3, -0.25) is 4.79 Å². The number of amides is 1. The molecule has 0 saturated heterocycles. The summed E-state index contributed by atoms with van der Waals surface area (Å²) in [5.41, 5.74) is 1.61. The third kappa shape index (κ3) is 4.66. The van der Waals surface area contributed by atoms with Gasteiger partial charge in [0.1, 0.15) is 0 Å². The molecule has 0 spiro atoms. The van der Waals surface area contributed by atoms with Crippen molar-refractivity contribution in [3.05, 3.63) is 87.1 Å². The lowest BCUT2D eigenvalue weighted by molar-refractivity contribution is 0.0937. The first-order valence-corrected chi connectivity index (χ1v) is 10.2. The molecule has 1 N–H and O–H groups in total. The van der Waals surface area contributed by atoms with Gasteiger partial charge in [0, 0.05) is 20.5 Å². The van der Waals surface area contributed by atoms with Crippen LogP contribution in [-0.2, 0) is 5.75 Å². The molecule has 1 atom stereocenters. The van der Waals surface area contributed by atoms with E-state index in [1.807, 2.05) is 61.5 Å². The molecule has 0 aliphatic carbocycles. The van der Waals surface area contributed by atoms with Gasteiger partial charge in [0.05, 0.1) is 11.6 Å². The van der Waals surface area contributed by atoms with Gasteiger partial charge in [-0.15, -0.1) is 23.1 Å². The number of rotatable bonds is 6. The molecule has 5 heteroatoms. The van der Waals surface area contributed by atoms with E-state index in [0.717, 1.165) is 16.2 Å². The van der Waals surface area contributed by atoms with E-state index in [1.54, 1.807) is 23.1 Å². The van der Waals surface area contributed by atoms with Gasteiger partial charge >= 0.3 is 0 Å². The lowest BCUT2D eigenvalue weighted by atomic mass is 10.1. The van der Waals surface area contributed by atoms with Crippen LogP contribution in [0.4, 0.5) is 0 Å². The Morgan fingerprint density at radius 1 is 1.12 bits per heavy atom. The number of halogens is 1. The third-order valence-corrected chi connectivity index (χ3v) is 6.33. The second kappa shape index (κ2) is 8.56. The van der Waals surface area contributed by atoms with Crippen LogP contribution in [0.5, 0.6) is 0 Å². The SMILES string of the molecule is CC(NC(=O)c1ccccc1SCc1cccs1)c1ccccc1Cl. The van der Waals surface area contributed by atoms with Gasteiger partial charge in [-0.05, 0) is 42.1 Å². The van der Waals surface area contributed by atoms with Crippen LogP contribution in [0.15, 0.2) is 70.9 Å². The molecular formula is C20H18ClNOS2. The molecule has 0 aliphatic heterocycles. The van der Waals surface area contributed by atoms with E-state index >= 15 is 0 Å². The number of benzene rings is 2. The number of hydrogen-bond acceptors (Lipinski definition) is 3. The average Bonchev–Trinajstić information content (AvgIpc) is 3.14. The van der Waals surface area contributed by atoms with E-state index in [4.69, 9.17) is 11.6 Å². The summed E-state index contributed by atoms with van der Waals surface area (Å²) in [7, 11) is 0. The number of thioether (sulfide) groups is 1. The maximum Gasteiger partial charge on any atom is 0.252 e. The summed E-state index contributed by atoms with van der Waals surface area (Å²) in [6, 6.07) is 19.3. The summed E-state index contributed by atoms with van der Waals surface area (Å²) in [6.45, 7) is 1.94. The molecule has 3 rings (SSSR count). The van der Waals surface area contributed by atoms with Crippen molar-refractivity contribution in [1.29, 1.82) is 0 Å². The summed E-state index contributed by atoms with van der Waals surface area (Å²) < 4.78 is 0. The van der Waals surface area contributed by atoms with Crippen molar-refractivity contribution in [2.45, 2.75) is 23.6 Å². The summed E-state index contributed by atoms with van der Waals surface area (Å²) in [4.78, 5) is 15.0. The van der Waals surface area contributed by atoms with Gasteiger partial charge in [0.25, 0.3) is 5.91 Å². The Morgan fingerprint density at radius 3 is 2.64 bits per heavy atom. The molecule has 3 aromatic rings. The standard InChI is InChI=1S/C20H18ClNOS2/c1-14(16-8-2-4-10-18(16)21)22-20(23)17-9-3-5-11-19(17)25-13-15-7-6-12-24-15/h2-12,14H,13H2,1H3,(H,22,23). The molecule has 1 unspecified atom stereocenters. The van der Waals surface area contributed by atoms with Gasteiger partial charge < -0.3 is 5.32 Å². The molecular weight excluding hydrogens is 370 g/mol. The largest absolute Gasteiger partial charge is 0.345 e. The van der Waals surface area contributed by atoms with Gasteiger partial charge in [-0.1, -0.05) is 48.0 Å². The van der Waals surface area contributed by atoms with Crippen LogP contribution in [0, 0.1) is 0 Å². The van der Waals surface area contributed by atoms with Crippen LogP contribution in [-0.4, -0.2) is 5.91 Å². The molecule has 1 heterocycles. The predicted octanol–water partition coefficient (Wildman–Crippen LogP) is 6.18. The molecule has 0 radical (unpaired) electrons. The molecule has 0 aliphatic rings. The number of carbonyl (C=O) groups is 1. The van der Waals surface area contributed by atoms with Crippen molar-refractivity contribution in [2.24, 2.45) is 0 Å². The Bertz CT molecular complexity index is 848. The Morgan fingerprint density at radius 2 is 1.88 bits per heavy atom. The smallest absolute Gasteiger partial charge is 0.252 e. The highest BCUT2D eigenvalue weighted by Crippen LogP contribution is 2.29. The zero-order chi connectivity index (χ0) is 17.6. The zero-order valence-electron chi connectivity index (χ0n) is 13.7. The van der Waals surface area contributed by atoms with Gasteiger partial charge in [0.2, 0.25) is 0 Å². The lowest BCUT2D eigenvalue weighted by Crippen LogP contribution is -2.27. The van der Waals surface area contributed by atoms with E-state index in [0.29, 0.717) is 10.6 Å². The highest BCUT2D eigenvalue weighted by Gasteiger charge is 2.16. The summed E-state index contributed by atoms with van der Waals surface area (Å²) >= 11 is 9.64. The highest BCUT2D eigenvalue weighted by molar-refractivity contribution is 7.98. The minimum atomic E-state index is -0.156. The highest BCUT2D eigenvalue weighted by atomic mass is 35.5. The van der Waals surface area contributed by atoms with Crippen molar-refractivity contribution in [3.8, 4) is 0 Å². The van der Waals surface area contributed by atoms with E-state index in [-0.39, 0.29) is 11.9 Å². The van der Waals surface area contributed by atoms with Crippen molar-refractivity contribution < 1.29 is 4.79 Å². The molecule has 128 valence electrons. The van der Waals surface area contributed by atoms with Crippen LogP contribution in [0.25, 0.3) is 0 Å². The Hall–Kier alpha value is -1.75. The maximum absolute atomic E-state index is 12.8. The minimum Gasteiger partial charge on any atom is -0.345 e. The number of thiophene rings is 1. The van der Waals surface area contributed by atoms with Crippen molar-refractivity contribution in [2.75, 3.05) is 0 Å². The summed E-state index contributed by atoms with van der Waals surface area (Å²) in [5, 5.41) is 5.78. The maximum atomic E-state index is 12.8. The predicted molar refractivity (Wildman–Crippen MR) is 108 cm³/mol. The Kier molecular flexibility index (Phi) is 6.19. The van der Waals surface area contributed by atoms with Gasteiger partial charge in [-0.25, -0.2) is 0 Å².